The zero-order chi connectivity index (χ0) is 48.5. The number of aliphatic hydroxyl groups is 2. The summed E-state index contributed by atoms with van der Waals surface area (Å²) in [4.78, 5) is 133. The van der Waals surface area contributed by atoms with E-state index >= 15 is 0 Å². The Bertz CT molecular complexity index is 1640. The van der Waals surface area contributed by atoms with Crippen LogP contribution < -0.4 is 26.6 Å². The molecule has 12 atom stereocenters. The van der Waals surface area contributed by atoms with Crippen molar-refractivity contribution in [3.05, 3.63) is 12.2 Å². The number of allylic oxidation sites excluding steroid dienone is 2. The maximum atomic E-state index is 13.8. The second-order valence-corrected chi connectivity index (χ2v) is 15.5. The van der Waals surface area contributed by atoms with E-state index in [1.54, 1.807) is 26.0 Å². The first-order valence-corrected chi connectivity index (χ1v) is 20.2. The van der Waals surface area contributed by atoms with Crippen LogP contribution in [0.5, 0.6) is 0 Å². The van der Waals surface area contributed by atoms with Gasteiger partial charge in [0.15, 0.2) is 6.04 Å². The zero-order valence-corrected chi connectivity index (χ0v) is 38.5. The minimum Gasteiger partial charge on any atom is -0.467 e. The summed E-state index contributed by atoms with van der Waals surface area (Å²) in [5.74, 6) is -7.44. The lowest BCUT2D eigenvalue weighted by atomic mass is 9.92. The van der Waals surface area contributed by atoms with E-state index in [2.05, 4.69) is 31.3 Å². The van der Waals surface area contributed by atoms with Gasteiger partial charge >= 0.3 is 5.97 Å². The predicted octanol–water partition coefficient (Wildman–Crippen LogP) is -3.00. The third-order valence-corrected chi connectivity index (χ3v) is 10.7. The molecule has 22 heteroatoms. The minimum atomic E-state index is -1.59. The van der Waals surface area contributed by atoms with E-state index in [9.17, 15) is 58.2 Å². The highest BCUT2D eigenvalue weighted by Crippen LogP contribution is 2.19. The average Bonchev–Trinajstić information content (AvgIpc) is 3.23. The van der Waals surface area contributed by atoms with Gasteiger partial charge in [-0.05, 0) is 74.7 Å². The van der Waals surface area contributed by atoms with Crippen LogP contribution >= 0.6 is 0 Å². The van der Waals surface area contributed by atoms with Crippen LogP contribution in [0.25, 0.3) is 0 Å². The van der Waals surface area contributed by atoms with Crippen LogP contribution in [0, 0.1) is 5.92 Å². The Morgan fingerprint density at radius 3 is 1.40 bits per heavy atom. The number of methoxy groups -OCH3 is 1. The molecule has 12 unspecified atom stereocenters. The van der Waals surface area contributed by atoms with E-state index in [0.29, 0.717) is 12.8 Å². The van der Waals surface area contributed by atoms with Crippen molar-refractivity contribution >= 4 is 59.6 Å². The highest BCUT2D eigenvalue weighted by molar-refractivity contribution is 5.97. The third-order valence-electron chi connectivity index (χ3n) is 10.7. The first-order valence-electron chi connectivity index (χ1n) is 20.2. The molecule has 0 aromatic heterocycles. The first-order chi connectivity index (χ1) is 28.6. The SMILES string of the molecule is C/C=C/CC(C)C(O)C(C(=O)NC(C(=O)OC)C(C)O)N(C)C(=O)C(C)N(C)C(=O)C(C)NC(=O)C(C)N(C)C(=O)C(C)NC(=O)C(C)NC(=O)C(C)N(C)C(=O)C(C)NC=O. The topological polar surface area (TPSA) is 294 Å². The van der Waals surface area contributed by atoms with Crippen molar-refractivity contribution in [1.29, 1.82) is 0 Å². The molecule has 22 nitrogen and oxygen atoms in total. The van der Waals surface area contributed by atoms with Crippen LogP contribution in [0.1, 0.15) is 75.7 Å². The molecule has 62 heavy (non-hydrogen) atoms. The number of ether oxygens (including phenoxy) is 1. The molecule has 0 aliphatic rings. The zero-order valence-electron chi connectivity index (χ0n) is 38.5. The fourth-order valence-corrected chi connectivity index (χ4v) is 5.91. The Labute approximate surface area is 363 Å². The molecular weight excluding hydrogens is 814 g/mol. The lowest BCUT2D eigenvalue weighted by Gasteiger charge is -2.37. The van der Waals surface area contributed by atoms with E-state index in [1.807, 2.05) is 0 Å². The van der Waals surface area contributed by atoms with Gasteiger partial charge in [-0.15, -0.1) is 0 Å². The van der Waals surface area contributed by atoms with Crippen LogP contribution in [0.2, 0.25) is 0 Å². The lowest BCUT2D eigenvalue weighted by Crippen LogP contribution is -2.62. The fraction of sp³-hybridized carbons (Fsp3) is 0.700. The van der Waals surface area contributed by atoms with Gasteiger partial charge in [-0.25, -0.2) is 4.79 Å². The van der Waals surface area contributed by atoms with Crippen LogP contribution in [0.4, 0.5) is 0 Å². The Kier molecular flexibility index (Phi) is 23.6. The van der Waals surface area contributed by atoms with Crippen molar-refractivity contribution in [3.63, 3.8) is 0 Å². The highest BCUT2D eigenvalue weighted by Gasteiger charge is 2.41. The molecule has 0 spiro atoms. The molecule has 0 aromatic rings. The number of carbonyl (C=O) groups excluding carboxylic acids is 10. The molecule has 0 fully saturated rings. The lowest BCUT2D eigenvalue weighted by molar-refractivity contribution is -0.154. The van der Waals surface area contributed by atoms with Crippen LogP contribution in [-0.2, 0) is 52.7 Å². The maximum absolute atomic E-state index is 13.8. The highest BCUT2D eigenvalue weighted by atomic mass is 16.5. The third kappa shape index (κ3) is 15.7. The molecule has 0 aromatic carbocycles. The maximum Gasteiger partial charge on any atom is 0.331 e. The van der Waals surface area contributed by atoms with Gasteiger partial charge in [0.25, 0.3) is 0 Å². The molecule has 0 rings (SSSR count). The molecule has 0 aliphatic heterocycles. The molecule has 0 saturated carbocycles. The van der Waals surface area contributed by atoms with Crippen LogP contribution in [0.3, 0.4) is 0 Å². The number of likely N-dealkylation sites (N-methyl/N-ethyl adjacent to an activating group) is 4. The van der Waals surface area contributed by atoms with Gasteiger partial charge in [-0.2, -0.15) is 0 Å². The van der Waals surface area contributed by atoms with Crippen LogP contribution in [0.15, 0.2) is 12.2 Å². The minimum absolute atomic E-state index is 0.323. The van der Waals surface area contributed by atoms with Crippen molar-refractivity contribution in [2.24, 2.45) is 5.92 Å². The van der Waals surface area contributed by atoms with Gasteiger partial charge in [-0.1, -0.05) is 19.1 Å². The van der Waals surface area contributed by atoms with Crippen molar-refractivity contribution in [2.45, 2.75) is 142 Å². The van der Waals surface area contributed by atoms with Gasteiger partial charge in [0.2, 0.25) is 53.7 Å². The summed E-state index contributed by atoms with van der Waals surface area (Å²) in [6.07, 6.45) is 1.32. The number of aliphatic hydroxyl groups excluding tert-OH is 2. The molecule has 9 amide bonds. The number of rotatable bonds is 24. The van der Waals surface area contributed by atoms with Crippen molar-refractivity contribution < 1.29 is 62.9 Å². The molecule has 0 heterocycles. The summed E-state index contributed by atoms with van der Waals surface area (Å²) in [6.45, 7) is 14.4. The number of hydrogen-bond acceptors (Lipinski definition) is 13. The first kappa shape index (κ1) is 56.4. The van der Waals surface area contributed by atoms with E-state index in [4.69, 9.17) is 0 Å². The van der Waals surface area contributed by atoms with Crippen molar-refractivity contribution in [2.75, 3.05) is 35.3 Å². The van der Waals surface area contributed by atoms with E-state index in [0.717, 1.165) is 26.7 Å². The second kappa shape index (κ2) is 26.0. The summed E-state index contributed by atoms with van der Waals surface area (Å²) in [7, 11) is 6.26. The number of nitrogens with zero attached hydrogens (tertiary/aromatic N) is 4. The fourth-order valence-electron chi connectivity index (χ4n) is 5.91. The second-order valence-electron chi connectivity index (χ2n) is 15.5. The Morgan fingerprint density at radius 2 is 0.984 bits per heavy atom. The summed E-state index contributed by atoms with van der Waals surface area (Å²) in [5.41, 5.74) is 0. The molecular formula is C40H69N9O13. The molecule has 7 N–H and O–H groups in total. The molecule has 352 valence electrons. The van der Waals surface area contributed by atoms with Crippen LogP contribution in [-0.4, -0.2) is 191 Å². The standard InChI is InChI=1S/C40H69N9O13/c1-16-17-18-20(2)31(52)30(35(56)45-29(28(10)51)40(61)62-15)49(14)39(60)27(9)48(13)38(59)24(6)44-34(55)26(8)47(12)37(58)23(5)43-32(53)21(3)42-33(54)25(7)46(11)36(57)22(4)41-19-50/h16-17,19-31,51-52H,18H2,1-15H3,(H,41,50)(H,42,54)(H,43,53)(H,44,55)(H,45,56)/b17-16+. The van der Waals surface area contributed by atoms with E-state index in [-0.39, 0.29) is 0 Å². The normalized spacial score (nSPS) is 17.0. The largest absolute Gasteiger partial charge is 0.467 e. The summed E-state index contributed by atoms with van der Waals surface area (Å²) < 4.78 is 4.68. The predicted molar refractivity (Wildman–Crippen MR) is 225 cm³/mol. The summed E-state index contributed by atoms with van der Waals surface area (Å²) >= 11 is 0. The summed E-state index contributed by atoms with van der Waals surface area (Å²) in [5, 5.41) is 33.6. The molecule has 0 radical (unpaired) electrons. The molecule has 0 bridgehead atoms. The smallest absolute Gasteiger partial charge is 0.331 e. The van der Waals surface area contributed by atoms with Gasteiger partial charge in [0.1, 0.15) is 48.3 Å². The average molecular weight is 884 g/mol. The van der Waals surface area contributed by atoms with E-state index < -0.39 is 126 Å². The quantitative estimate of drug-likeness (QED) is 0.0290. The molecule has 0 aliphatic carbocycles. The number of esters is 1. The van der Waals surface area contributed by atoms with Gasteiger partial charge in [0.05, 0.1) is 19.3 Å². The Morgan fingerprint density at radius 1 is 0.565 bits per heavy atom. The number of nitrogens with one attached hydrogen (secondary N) is 5. The van der Waals surface area contributed by atoms with Gasteiger partial charge in [0, 0.05) is 28.2 Å². The van der Waals surface area contributed by atoms with Gasteiger partial charge in [-0.3, -0.25) is 43.2 Å². The monoisotopic (exact) mass is 884 g/mol. The number of hydrogen-bond donors (Lipinski definition) is 7. The number of carbonyl (C=O) groups is 10. The molecule has 0 saturated heterocycles. The Hall–Kier alpha value is -5.64. The van der Waals surface area contributed by atoms with E-state index in [1.165, 1.54) is 83.6 Å². The number of amides is 9. The van der Waals surface area contributed by atoms with Gasteiger partial charge < -0.3 is 61.1 Å². The van der Waals surface area contributed by atoms with Crippen molar-refractivity contribution in [3.8, 4) is 0 Å². The Balaban J connectivity index is 5.78. The van der Waals surface area contributed by atoms with Crippen molar-refractivity contribution in [1.82, 2.24) is 46.2 Å². The summed E-state index contributed by atoms with van der Waals surface area (Å²) in [6, 6.07) is -11.0.